The standard InChI is InChI=1S/C28H27FN6O4.C19H15ClFN3O3.C16H19N3O.C10H11N3.C9H13N3O.C8H13F3O4S.C6H12O3.C6H6O3/c1-28(2,3)39-27(37)34-15-21-25(26(34)36)22(11-20(31-21)24-16(12-30)5-4-6-19(24)29)35-10-9-23(32-35)33-13-17-7-8-18(14-33)38-17;1-19(2,3)27-18(26)24-9-14-16(17(24)25)11(20)7-13(23-14)15-10(8-22)5-4-6-12(15)21;1-2-4-13(5-3-1)10-19-9-8-16(17-19)18-11-14-6-7-15(12-18)20-14;11-10-6-7-13(12-10)8-9-4-2-1-3-5-9;1-2-8-6-12(5-7(1)13-8)9-3-4-10-11-9;1-2-6-3-4-7(15-6)5-14-16(12,13)8(9,10)11;2*7-3-5-1-2-6(4-8)9-5/h4-6,9-11,17-18H,7-8,13-15H2,1-3H3;4-7H,9H2,1-3H3;1-5,8-9,14-15H,6-7,10-12H2;1-7H,8H2,(H2,11,12);3-4,7-8H,1-2,5-6H2,(H,10,11);6-7H,2-5H2,1H3;5-8H,1-4H2;1-3,8H,4H2/t17-,18+;;14-,15+;;7-,8+;;;. The number of nitriles is 2. The first-order valence-corrected chi connectivity index (χ1v) is 49.6. The number of alkyl halides is 3. The number of anilines is 4. The van der Waals surface area contributed by atoms with Crippen LogP contribution in [0.4, 0.5) is 54.8 Å². The molecule has 37 nitrogen and oxygen atoms in total. The molecule has 0 saturated carbocycles. The van der Waals surface area contributed by atoms with Gasteiger partial charge in [-0.15, -0.1) is 0 Å². The van der Waals surface area contributed by atoms with E-state index < -0.39 is 75.2 Å². The highest BCUT2D eigenvalue weighted by Crippen LogP contribution is 2.40. The molecule has 44 heteroatoms. The molecule has 7 aromatic heterocycles. The minimum atomic E-state index is -5.49. The molecule has 6 bridgehead atoms. The van der Waals surface area contributed by atoms with Gasteiger partial charge in [-0.05, 0) is 178 Å². The summed E-state index contributed by atoms with van der Waals surface area (Å²) in [5.74, 6) is 1.70. The molecule has 21 rings (SSSR count). The van der Waals surface area contributed by atoms with Crippen LogP contribution in [0.2, 0.25) is 5.02 Å². The number of aldehydes is 1. The van der Waals surface area contributed by atoms with Gasteiger partial charge in [0.25, 0.3) is 11.8 Å². The maximum Gasteiger partial charge on any atom is 0.523 e. The average Bonchev–Trinajstić information content (AvgIpc) is 1.59. The second kappa shape index (κ2) is 48.7. The third-order valence-corrected chi connectivity index (χ3v) is 26.0. The van der Waals surface area contributed by atoms with E-state index in [-0.39, 0.29) is 130 Å². The predicted octanol–water partition coefficient (Wildman–Crippen LogP) is 15.0. The molecule has 0 spiro atoms. The molecule has 4 unspecified atom stereocenters. The summed E-state index contributed by atoms with van der Waals surface area (Å²) in [5, 5.41) is 65.0. The number of rotatable bonds is 18. The molecule has 4 amide bonds. The molecule has 10 aliphatic rings. The average molecular weight is 2060 g/mol. The van der Waals surface area contributed by atoms with E-state index in [1.54, 1.807) is 70.8 Å². The van der Waals surface area contributed by atoms with Crippen LogP contribution in [-0.4, -0.2) is 250 Å². The number of hydrogen-bond donors (Lipinski definition) is 5. The van der Waals surface area contributed by atoms with Gasteiger partial charge in [0.05, 0.1) is 192 Å². The Morgan fingerprint density at radius 1 is 0.555 bits per heavy atom. The van der Waals surface area contributed by atoms with Gasteiger partial charge in [-0.25, -0.2) is 42.8 Å². The first kappa shape index (κ1) is 108. The van der Waals surface area contributed by atoms with Gasteiger partial charge in [-0.1, -0.05) is 91.3 Å². The second-order valence-electron chi connectivity index (χ2n) is 37.8. The number of aromatic amines is 1. The number of nitrogens with zero attached hydrogens (tertiary/aromatic N) is 16. The number of imide groups is 2. The van der Waals surface area contributed by atoms with Crippen molar-refractivity contribution in [2.75, 3.05) is 79.5 Å². The van der Waals surface area contributed by atoms with Crippen molar-refractivity contribution in [2.45, 2.75) is 230 Å². The largest absolute Gasteiger partial charge is 0.523 e. The Hall–Kier alpha value is -13.4. The number of aliphatic hydroxyl groups is 3. The van der Waals surface area contributed by atoms with Crippen LogP contribution >= 0.6 is 11.6 Å². The van der Waals surface area contributed by atoms with Crippen LogP contribution in [0.3, 0.4) is 0 Å². The highest BCUT2D eigenvalue weighted by molar-refractivity contribution is 7.87. The number of nitrogens with two attached hydrogens (primary N) is 1. The fraction of sp³-hybridized carbons (Fsp3) is 0.441. The number of aliphatic hydroxyl groups excluding tert-OH is 3. The summed E-state index contributed by atoms with van der Waals surface area (Å²) in [6.45, 7) is 18.3. The van der Waals surface area contributed by atoms with Gasteiger partial charge < -0.3 is 73.3 Å². The number of ether oxygens (including phenoxy) is 7. The smallest absolute Gasteiger partial charge is 0.456 e. The van der Waals surface area contributed by atoms with Crippen molar-refractivity contribution >= 4 is 75.3 Å². The van der Waals surface area contributed by atoms with Crippen LogP contribution < -0.4 is 20.4 Å². The van der Waals surface area contributed by atoms with E-state index in [1.807, 2.05) is 71.0 Å². The Morgan fingerprint density at radius 3 is 1.45 bits per heavy atom. The maximum absolute atomic E-state index is 15.0. The number of fused-ring (bicyclic) bond motifs is 8. The van der Waals surface area contributed by atoms with E-state index in [0.717, 1.165) is 118 Å². The molecular formula is C102H116ClF5N18O19S. The lowest BCUT2D eigenvalue weighted by atomic mass is 10.0. The number of nitrogens with one attached hydrogen (secondary N) is 1. The molecule has 0 aliphatic carbocycles. The Labute approximate surface area is 844 Å². The number of H-pyrrole nitrogens is 1. The lowest BCUT2D eigenvalue weighted by Crippen LogP contribution is -2.42. The van der Waals surface area contributed by atoms with Gasteiger partial charge in [0.2, 0.25) is 0 Å². The third-order valence-electron chi connectivity index (χ3n) is 24.7. The van der Waals surface area contributed by atoms with Gasteiger partial charge in [-0.2, -0.15) is 52.5 Å². The summed E-state index contributed by atoms with van der Waals surface area (Å²) in [5.41, 5.74) is 2.62. The zero-order valence-electron chi connectivity index (χ0n) is 81.5. The highest BCUT2D eigenvalue weighted by Gasteiger charge is 2.49. The molecule has 11 aromatic rings. The minimum Gasteiger partial charge on any atom is -0.456 e. The molecule has 0 radical (unpaired) electrons. The number of aromatic nitrogens is 10. The fourth-order valence-electron chi connectivity index (χ4n) is 17.8. The summed E-state index contributed by atoms with van der Waals surface area (Å²) in [7, 11) is -5.49. The molecule has 8 saturated heterocycles. The number of carbonyl (C=O) groups excluding carboxylic acids is 5. The predicted molar refractivity (Wildman–Crippen MR) is 523 cm³/mol. The molecule has 776 valence electrons. The maximum atomic E-state index is 15.0. The summed E-state index contributed by atoms with van der Waals surface area (Å²) in [6, 6.07) is 46.5. The van der Waals surface area contributed by atoms with Crippen LogP contribution in [-0.2, 0) is 80.2 Å². The van der Waals surface area contributed by atoms with Crippen molar-refractivity contribution in [3.63, 3.8) is 0 Å². The zero-order valence-corrected chi connectivity index (χ0v) is 83.0. The van der Waals surface area contributed by atoms with Gasteiger partial charge >= 0.3 is 27.8 Å². The number of carbonyl (C=O) groups is 5. The van der Waals surface area contributed by atoms with E-state index in [0.29, 0.717) is 54.4 Å². The summed E-state index contributed by atoms with van der Waals surface area (Å²) >= 11 is 6.23. The van der Waals surface area contributed by atoms with Crippen molar-refractivity contribution in [3.05, 3.63) is 243 Å². The molecule has 8 fully saturated rings. The number of pyridine rings is 2. The number of nitrogen functional groups attached to an aromatic ring is 1. The van der Waals surface area contributed by atoms with Crippen LogP contribution in [0, 0.1) is 34.3 Å². The Balaban J connectivity index is 0.000000139. The first-order chi connectivity index (χ1) is 69.8. The number of benzene rings is 4. The molecule has 6 N–H and O–H groups in total. The van der Waals surface area contributed by atoms with Crippen LogP contribution in [0.5, 0.6) is 0 Å². The fourth-order valence-corrected chi connectivity index (χ4v) is 18.5. The van der Waals surface area contributed by atoms with E-state index in [9.17, 15) is 60.5 Å². The van der Waals surface area contributed by atoms with Crippen molar-refractivity contribution in [1.82, 2.24) is 59.3 Å². The number of furan rings is 1. The molecule has 17 heterocycles. The quantitative estimate of drug-likeness (QED) is 0.0230. The molecule has 10 aliphatic heterocycles. The summed E-state index contributed by atoms with van der Waals surface area (Å²) < 4.78 is 139. The minimum absolute atomic E-state index is 0.00660. The van der Waals surface area contributed by atoms with Crippen LogP contribution in [0.25, 0.3) is 28.2 Å². The SMILES string of the molecule is CC(C)(C)OC(=O)N1Cc2nc(-c3c(F)cccc3C#N)cc(-n3ccc(N4C[C@H]5CC[C@@H](C4)O5)n3)c2C1=O.CC(C)(C)OC(=O)N1Cc2nc(-c3c(F)cccc3C#N)cc(Cl)c2C1=O.CCC1CCC(COS(=O)(=O)C(F)(F)F)O1.Nc1ccn(Cc2ccccc2)n1.O=Cc1ccc(CO)o1.OCC1CCC(CO)O1.c1cc(N2C[C@H]3CC[C@@H](C2)O3)[nH]n1.c1ccc(Cn2ccc(N3C[C@H]4CC[C@@H](C3)O4)n2)cc1. The lowest BCUT2D eigenvalue weighted by Gasteiger charge is -2.32. The summed E-state index contributed by atoms with van der Waals surface area (Å²) in [6.07, 6.45) is 18.5. The van der Waals surface area contributed by atoms with E-state index >= 15 is 4.39 Å². The first-order valence-electron chi connectivity index (χ1n) is 47.9. The van der Waals surface area contributed by atoms with Crippen molar-refractivity contribution in [2.24, 2.45) is 0 Å². The normalized spacial score (nSPS) is 20.8. The van der Waals surface area contributed by atoms with E-state index in [4.69, 9.17) is 80.4 Å². The number of halogens is 6. The Bertz CT molecular complexity index is 6470. The third kappa shape index (κ3) is 28.4. The molecular weight excluding hydrogens is 1940 g/mol. The topological polar surface area (TPSA) is 465 Å². The number of morpholine rings is 3. The van der Waals surface area contributed by atoms with Gasteiger partial charge in [0.15, 0.2) is 23.7 Å². The number of hydrogen-bond acceptors (Lipinski definition) is 31. The van der Waals surface area contributed by atoms with Gasteiger partial charge in [-0.3, -0.25) is 33.0 Å². The highest BCUT2D eigenvalue weighted by atomic mass is 35.5. The lowest BCUT2D eigenvalue weighted by molar-refractivity contribution is -0.0584. The van der Waals surface area contributed by atoms with Crippen molar-refractivity contribution in [3.8, 4) is 40.3 Å². The number of amides is 4. The summed E-state index contributed by atoms with van der Waals surface area (Å²) in [4.78, 5) is 78.8. The molecule has 146 heavy (non-hydrogen) atoms. The van der Waals surface area contributed by atoms with Crippen LogP contribution in [0.15, 0.2) is 175 Å². The second-order valence-corrected chi connectivity index (χ2v) is 39.8. The van der Waals surface area contributed by atoms with Gasteiger partial charge in [0.1, 0.15) is 46.8 Å². The zero-order chi connectivity index (χ0) is 104. The van der Waals surface area contributed by atoms with E-state index in [1.165, 1.54) is 91.4 Å². The Kier molecular flexibility index (Phi) is 36.1. The molecule has 10 atom stereocenters. The van der Waals surface area contributed by atoms with Gasteiger partial charge in [0, 0.05) is 76.1 Å². The monoisotopic (exact) mass is 2060 g/mol. The van der Waals surface area contributed by atoms with Crippen molar-refractivity contribution < 1.29 is 111 Å². The molecule has 4 aromatic carbocycles. The van der Waals surface area contributed by atoms with E-state index in [2.05, 4.69) is 92.8 Å². The Morgan fingerprint density at radius 2 is 1.01 bits per heavy atom. The van der Waals surface area contributed by atoms with Crippen LogP contribution in [0.1, 0.15) is 190 Å². The van der Waals surface area contributed by atoms with Crippen molar-refractivity contribution in [1.29, 1.82) is 10.5 Å².